The SMILES string of the molecule is CN(C)C=O.COCCOCCOCCO.OCCOCCOCCO. The van der Waals surface area contributed by atoms with Crippen molar-refractivity contribution in [1.82, 2.24) is 4.90 Å². The van der Waals surface area contributed by atoms with Crippen LogP contribution in [0.4, 0.5) is 0 Å². The van der Waals surface area contributed by atoms with E-state index in [2.05, 4.69) is 0 Å². The Morgan fingerprint density at radius 3 is 1.15 bits per heavy atom. The van der Waals surface area contributed by atoms with Gasteiger partial charge < -0.3 is 43.9 Å². The van der Waals surface area contributed by atoms with E-state index in [4.69, 9.17) is 39.0 Å². The first-order chi connectivity index (χ1) is 12.6. The maximum atomic E-state index is 9.43. The Bertz CT molecular complexity index is 218. The fourth-order valence-electron chi connectivity index (χ4n) is 0.980. The second-order valence-corrected chi connectivity index (χ2v) is 4.68. The van der Waals surface area contributed by atoms with Crippen LogP contribution in [-0.2, 0) is 28.5 Å². The summed E-state index contributed by atoms with van der Waals surface area (Å²) in [5, 5.41) is 24.8. The predicted molar refractivity (Wildman–Crippen MR) is 96.2 cm³/mol. The molecule has 0 aliphatic heterocycles. The van der Waals surface area contributed by atoms with Crippen LogP contribution in [0.1, 0.15) is 0 Å². The number of amides is 1. The number of hydrogen-bond donors (Lipinski definition) is 3. The third kappa shape index (κ3) is 43.5. The lowest BCUT2D eigenvalue weighted by Gasteiger charge is -2.03. The summed E-state index contributed by atoms with van der Waals surface area (Å²) >= 11 is 0. The number of carbonyl (C=O) groups is 1. The van der Waals surface area contributed by atoms with Crippen molar-refractivity contribution in [2.45, 2.75) is 0 Å². The first-order valence-electron chi connectivity index (χ1n) is 8.34. The van der Waals surface area contributed by atoms with Gasteiger partial charge in [0.25, 0.3) is 0 Å². The van der Waals surface area contributed by atoms with Crippen LogP contribution in [0.3, 0.4) is 0 Å². The number of aliphatic hydroxyl groups is 3. The molecule has 3 N–H and O–H groups in total. The van der Waals surface area contributed by atoms with Gasteiger partial charge in [-0.05, 0) is 0 Å². The zero-order valence-corrected chi connectivity index (χ0v) is 16.3. The average Bonchev–Trinajstić information content (AvgIpc) is 2.65. The van der Waals surface area contributed by atoms with Crippen molar-refractivity contribution < 1.29 is 43.8 Å². The molecule has 0 aromatic carbocycles. The minimum absolute atomic E-state index is 0.0417. The van der Waals surface area contributed by atoms with Gasteiger partial charge in [0.2, 0.25) is 6.41 Å². The van der Waals surface area contributed by atoms with Gasteiger partial charge in [-0.3, -0.25) is 4.79 Å². The molecule has 26 heavy (non-hydrogen) atoms. The fourth-order valence-corrected chi connectivity index (χ4v) is 0.980. The number of hydrogen-bond acceptors (Lipinski definition) is 9. The van der Waals surface area contributed by atoms with Gasteiger partial charge in [-0.1, -0.05) is 0 Å². The van der Waals surface area contributed by atoms with Crippen molar-refractivity contribution in [1.29, 1.82) is 0 Å². The molecule has 0 rings (SSSR count). The van der Waals surface area contributed by atoms with Crippen LogP contribution in [-0.4, -0.2) is 127 Å². The van der Waals surface area contributed by atoms with Crippen LogP contribution >= 0.6 is 0 Å². The molecular formula is C16H37NO9. The molecule has 0 atom stereocenters. The van der Waals surface area contributed by atoms with E-state index in [1.54, 1.807) is 21.2 Å². The van der Waals surface area contributed by atoms with Crippen molar-refractivity contribution in [3.8, 4) is 0 Å². The number of ether oxygens (including phenoxy) is 5. The van der Waals surface area contributed by atoms with Crippen molar-refractivity contribution >= 4 is 6.41 Å². The van der Waals surface area contributed by atoms with E-state index in [-0.39, 0.29) is 19.8 Å². The Labute approximate surface area is 156 Å². The van der Waals surface area contributed by atoms with Crippen LogP contribution < -0.4 is 0 Å². The Balaban J connectivity index is -0.000000327. The van der Waals surface area contributed by atoms with Gasteiger partial charge in [0, 0.05) is 21.2 Å². The van der Waals surface area contributed by atoms with E-state index < -0.39 is 0 Å². The van der Waals surface area contributed by atoms with Crippen LogP contribution in [0, 0.1) is 0 Å². The number of methoxy groups -OCH3 is 1. The molecule has 0 fully saturated rings. The summed E-state index contributed by atoms with van der Waals surface area (Å²) in [4.78, 5) is 10.9. The molecule has 0 aromatic heterocycles. The van der Waals surface area contributed by atoms with Crippen LogP contribution in [0.5, 0.6) is 0 Å². The Hall–Kier alpha value is -0.850. The Morgan fingerprint density at radius 2 is 0.923 bits per heavy atom. The summed E-state index contributed by atoms with van der Waals surface area (Å²) in [7, 11) is 5.01. The third-order valence-electron chi connectivity index (χ3n) is 2.09. The minimum atomic E-state index is 0.0417. The highest BCUT2D eigenvalue weighted by atomic mass is 16.5. The maximum absolute atomic E-state index is 9.43. The molecule has 1 amide bonds. The number of aliphatic hydroxyl groups excluding tert-OH is 3. The highest BCUT2D eigenvalue weighted by molar-refractivity contribution is 5.45. The van der Waals surface area contributed by atoms with Crippen molar-refractivity contribution in [2.24, 2.45) is 0 Å². The van der Waals surface area contributed by atoms with Crippen molar-refractivity contribution in [2.75, 3.05) is 100 Å². The smallest absolute Gasteiger partial charge is 0.209 e. The topological polar surface area (TPSA) is 127 Å². The lowest BCUT2D eigenvalue weighted by Crippen LogP contribution is -2.09. The highest BCUT2D eigenvalue weighted by Crippen LogP contribution is 1.78. The van der Waals surface area contributed by atoms with E-state index >= 15 is 0 Å². The van der Waals surface area contributed by atoms with Gasteiger partial charge in [-0.25, -0.2) is 0 Å². The predicted octanol–water partition coefficient (Wildman–Crippen LogP) is -1.63. The summed E-state index contributed by atoms with van der Waals surface area (Å²) in [6, 6.07) is 0. The first-order valence-corrected chi connectivity index (χ1v) is 8.34. The second-order valence-electron chi connectivity index (χ2n) is 4.68. The van der Waals surface area contributed by atoms with Crippen LogP contribution in [0.25, 0.3) is 0 Å². The molecule has 0 bridgehead atoms. The zero-order valence-electron chi connectivity index (χ0n) is 16.3. The summed E-state index contributed by atoms with van der Waals surface area (Å²) < 4.78 is 24.5. The molecule has 160 valence electrons. The molecule has 10 nitrogen and oxygen atoms in total. The Morgan fingerprint density at radius 1 is 0.654 bits per heavy atom. The number of rotatable bonds is 16. The summed E-state index contributed by atoms with van der Waals surface area (Å²) in [5.74, 6) is 0. The normalized spacial score (nSPS) is 9.62. The quantitative estimate of drug-likeness (QED) is 0.211. The van der Waals surface area contributed by atoms with Gasteiger partial charge in [0.15, 0.2) is 0 Å². The van der Waals surface area contributed by atoms with Gasteiger partial charge >= 0.3 is 0 Å². The summed E-state index contributed by atoms with van der Waals surface area (Å²) in [6.07, 6.45) is 0.750. The maximum Gasteiger partial charge on any atom is 0.209 e. The zero-order chi connectivity index (χ0) is 20.3. The summed E-state index contributed by atoms with van der Waals surface area (Å²) in [6.45, 7) is 4.48. The van der Waals surface area contributed by atoms with Gasteiger partial charge in [-0.15, -0.1) is 0 Å². The van der Waals surface area contributed by atoms with Crippen LogP contribution in [0.2, 0.25) is 0 Å². The average molecular weight is 387 g/mol. The lowest BCUT2D eigenvalue weighted by atomic mass is 10.7. The van der Waals surface area contributed by atoms with Crippen molar-refractivity contribution in [3.05, 3.63) is 0 Å². The fraction of sp³-hybridized carbons (Fsp3) is 0.938. The van der Waals surface area contributed by atoms with E-state index in [9.17, 15) is 4.79 Å². The lowest BCUT2D eigenvalue weighted by molar-refractivity contribution is -0.115. The van der Waals surface area contributed by atoms with Gasteiger partial charge in [0.1, 0.15) is 0 Å². The van der Waals surface area contributed by atoms with E-state index in [1.165, 1.54) is 4.90 Å². The third-order valence-corrected chi connectivity index (χ3v) is 2.09. The monoisotopic (exact) mass is 387 g/mol. The van der Waals surface area contributed by atoms with Gasteiger partial charge in [-0.2, -0.15) is 0 Å². The minimum Gasteiger partial charge on any atom is -0.394 e. The molecule has 0 unspecified atom stereocenters. The van der Waals surface area contributed by atoms with E-state index in [0.717, 1.165) is 6.41 Å². The number of carbonyl (C=O) groups excluding carboxylic acids is 1. The molecule has 0 aliphatic rings. The molecule has 0 saturated carbocycles. The number of nitrogens with zero attached hydrogens (tertiary/aromatic N) is 1. The largest absolute Gasteiger partial charge is 0.394 e. The van der Waals surface area contributed by atoms with Crippen LogP contribution in [0.15, 0.2) is 0 Å². The standard InChI is InChI=1S/C7H16O4.C6H14O4.C3H7NO/c1-9-4-5-11-7-6-10-3-2-8;7-1-3-9-5-6-10-4-2-8;1-4(2)3-5/h8H,2-7H2,1H3;7-8H,1-6H2;3H,1-2H3. The highest BCUT2D eigenvalue weighted by Gasteiger charge is 1.88. The molecule has 0 aliphatic carbocycles. The second kappa shape index (κ2) is 31.9. The van der Waals surface area contributed by atoms with E-state index in [0.29, 0.717) is 59.5 Å². The first kappa shape index (κ1) is 29.9. The molecule has 10 heteroatoms. The molecule has 0 saturated heterocycles. The van der Waals surface area contributed by atoms with E-state index in [1.807, 2.05) is 0 Å². The summed E-state index contributed by atoms with van der Waals surface area (Å²) in [5.41, 5.74) is 0. The molecule has 0 aromatic rings. The molecule has 0 radical (unpaired) electrons. The molecular weight excluding hydrogens is 350 g/mol. The Kier molecular flexibility index (Phi) is 36.7. The molecule has 0 heterocycles. The molecule has 0 spiro atoms. The van der Waals surface area contributed by atoms with Crippen molar-refractivity contribution in [3.63, 3.8) is 0 Å². The van der Waals surface area contributed by atoms with Gasteiger partial charge in [0.05, 0.1) is 79.3 Å².